The van der Waals surface area contributed by atoms with Crippen molar-refractivity contribution in [1.82, 2.24) is 9.97 Å². The summed E-state index contributed by atoms with van der Waals surface area (Å²) in [5.74, 6) is 0.818. The predicted molar refractivity (Wildman–Crippen MR) is 50.0 cm³/mol. The molecule has 0 saturated carbocycles. The average Bonchev–Trinajstić information content (AvgIpc) is 2.14. The Labute approximate surface area is 72.6 Å². The van der Waals surface area contributed by atoms with Gasteiger partial charge in [-0.1, -0.05) is 19.1 Å². The number of anilines is 1. The van der Waals surface area contributed by atoms with Crippen molar-refractivity contribution in [3.63, 3.8) is 0 Å². The Bertz CT molecular complexity index is 231. The van der Waals surface area contributed by atoms with Gasteiger partial charge >= 0.3 is 0 Å². The highest BCUT2D eigenvalue weighted by Gasteiger charge is 1.86. The second kappa shape index (κ2) is 5.29. The highest BCUT2D eigenvalue weighted by Crippen LogP contribution is 1.95. The van der Waals surface area contributed by atoms with Gasteiger partial charge in [-0.3, -0.25) is 4.98 Å². The van der Waals surface area contributed by atoms with E-state index in [0.29, 0.717) is 0 Å². The lowest BCUT2D eigenvalue weighted by Crippen LogP contribution is -2.00. The molecule has 3 heteroatoms. The molecule has 3 nitrogen and oxygen atoms in total. The number of hydrogen-bond donors (Lipinski definition) is 1. The molecule has 0 amide bonds. The first-order chi connectivity index (χ1) is 5.93. The number of rotatable bonds is 4. The Morgan fingerprint density at radius 1 is 1.42 bits per heavy atom. The highest BCUT2D eigenvalue weighted by molar-refractivity contribution is 5.30. The van der Waals surface area contributed by atoms with Gasteiger partial charge in [-0.05, 0) is 6.42 Å². The molecule has 1 aromatic rings. The fourth-order valence-corrected chi connectivity index (χ4v) is 0.804. The Morgan fingerprint density at radius 3 is 3.00 bits per heavy atom. The summed E-state index contributed by atoms with van der Waals surface area (Å²) in [7, 11) is 0. The molecule has 0 spiro atoms. The van der Waals surface area contributed by atoms with Gasteiger partial charge in [-0.15, -0.1) is 0 Å². The second-order valence-electron chi connectivity index (χ2n) is 2.35. The van der Waals surface area contributed by atoms with Crippen molar-refractivity contribution in [2.45, 2.75) is 13.3 Å². The van der Waals surface area contributed by atoms with E-state index in [2.05, 4.69) is 34.4 Å². The molecule has 0 aliphatic rings. The van der Waals surface area contributed by atoms with Crippen LogP contribution in [0.5, 0.6) is 0 Å². The minimum Gasteiger partial charge on any atom is -0.365 e. The van der Waals surface area contributed by atoms with Gasteiger partial charge in [0.2, 0.25) is 0 Å². The average molecular weight is 163 g/mol. The Balaban J connectivity index is 2.29. The first-order valence-corrected chi connectivity index (χ1v) is 4.08. The van der Waals surface area contributed by atoms with E-state index in [1.807, 2.05) is 0 Å². The SMILES string of the molecule is CC/C=C/CNc1cnccn1. The molecule has 0 saturated heterocycles. The van der Waals surface area contributed by atoms with Crippen LogP contribution >= 0.6 is 0 Å². The van der Waals surface area contributed by atoms with Crippen molar-refractivity contribution in [3.05, 3.63) is 30.7 Å². The van der Waals surface area contributed by atoms with Crippen LogP contribution in [0.25, 0.3) is 0 Å². The van der Waals surface area contributed by atoms with E-state index >= 15 is 0 Å². The zero-order valence-electron chi connectivity index (χ0n) is 7.20. The van der Waals surface area contributed by atoms with Crippen LogP contribution in [-0.2, 0) is 0 Å². The van der Waals surface area contributed by atoms with E-state index < -0.39 is 0 Å². The molecule has 0 fully saturated rings. The summed E-state index contributed by atoms with van der Waals surface area (Å²) in [6.45, 7) is 2.92. The second-order valence-corrected chi connectivity index (χ2v) is 2.35. The minimum absolute atomic E-state index is 0.812. The molecule has 1 N–H and O–H groups in total. The van der Waals surface area contributed by atoms with Crippen LogP contribution in [0, 0.1) is 0 Å². The lowest BCUT2D eigenvalue weighted by atomic mass is 10.4. The number of aromatic nitrogens is 2. The van der Waals surface area contributed by atoms with Gasteiger partial charge in [0.1, 0.15) is 5.82 Å². The number of allylic oxidation sites excluding steroid dienone is 1. The third-order valence-corrected chi connectivity index (χ3v) is 1.37. The van der Waals surface area contributed by atoms with Gasteiger partial charge in [0.15, 0.2) is 0 Å². The molecule has 0 aromatic carbocycles. The summed E-state index contributed by atoms with van der Waals surface area (Å²) in [6.07, 6.45) is 10.3. The molecule has 0 unspecified atom stereocenters. The Morgan fingerprint density at radius 2 is 2.33 bits per heavy atom. The Kier molecular flexibility index (Phi) is 3.84. The van der Waals surface area contributed by atoms with Crippen molar-refractivity contribution < 1.29 is 0 Å². The molecule has 1 rings (SSSR count). The normalized spacial score (nSPS) is 10.4. The van der Waals surface area contributed by atoms with Crippen LogP contribution < -0.4 is 5.32 Å². The van der Waals surface area contributed by atoms with Crippen molar-refractivity contribution in [1.29, 1.82) is 0 Å². The van der Waals surface area contributed by atoms with Crippen molar-refractivity contribution in [2.24, 2.45) is 0 Å². The van der Waals surface area contributed by atoms with Gasteiger partial charge in [0.05, 0.1) is 6.20 Å². The summed E-state index contributed by atoms with van der Waals surface area (Å²) in [5, 5.41) is 3.12. The van der Waals surface area contributed by atoms with E-state index in [1.165, 1.54) is 0 Å². The molecule has 64 valence electrons. The van der Waals surface area contributed by atoms with Crippen LogP contribution in [0.15, 0.2) is 30.7 Å². The fraction of sp³-hybridized carbons (Fsp3) is 0.333. The first-order valence-electron chi connectivity index (χ1n) is 4.08. The number of hydrogen-bond acceptors (Lipinski definition) is 3. The van der Waals surface area contributed by atoms with Crippen molar-refractivity contribution in [2.75, 3.05) is 11.9 Å². The molecule has 0 aliphatic heterocycles. The zero-order chi connectivity index (χ0) is 8.65. The predicted octanol–water partition coefficient (Wildman–Crippen LogP) is 1.85. The van der Waals surface area contributed by atoms with Crippen molar-refractivity contribution >= 4 is 5.82 Å². The molecular weight excluding hydrogens is 150 g/mol. The molecule has 0 bridgehead atoms. The Hall–Kier alpha value is -1.38. The van der Waals surface area contributed by atoms with E-state index in [1.54, 1.807) is 18.6 Å². The maximum absolute atomic E-state index is 4.07. The largest absolute Gasteiger partial charge is 0.365 e. The fourth-order valence-electron chi connectivity index (χ4n) is 0.804. The minimum atomic E-state index is 0.812. The van der Waals surface area contributed by atoms with Crippen LogP contribution in [0.3, 0.4) is 0 Å². The number of nitrogens with zero attached hydrogens (tertiary/aromatic N) is 2. The lowest BCUT2D eigenvalue weighted by Gasteiger charge is -1.98. The lowest BCUT2D eigenvalue weighted by molar-refractivity contribution is 1.15. The summed E-state index contributed by atoms with van der Waals surface area (Å²) in [6, 6.07) is 0. The molecule has 0 atom stereocenters. The standard InChI is InChI=1S/C9H13N3/c1-2-3-4-5-11-9-8-10-6-7-12-9/h3-4,6-8H,2,5H2,1H3,(H,11,12)/b4-3+. The molecule has 1 aromatic heterocycles. The maximum Gasteiger partial charge on any atom is 0.144 e. The van der Waals surface area contributed by atoms with E-state index in [0.717, 1.165) is 18.8 Å². The summed E-state index contributed by atoms with van der Waals surface area (Å²) < 4.78 is 0. The summed E-state index contributed by atoms with van der Waals surface area (Å²) in [5.41, 5.74) is 0. The van der Waals surface area contributed by atoms with Crippen LogP contribution in [0.2, 0.25) is 0 Å². The topological polar surface area (TPSA) is 37.8 Å². The third-order valence-electron chi connectivity index (χ3n) is 1.37. The van der Waals surface area contributed by atoms with Crippen LogP contribution in [-0.4, -0.2) is 16.5 Å². The van der Waals surface area contributed by atoms with Crippen molar-refractivity contribution in [3.8, 4) is 0 Å². The molecule has 0 radical (unpaired) electrons. The van der Waals surface area contributed by atoms with Gasteiger partial charge in [0, 0.05) is 18.9 Å². The van der Waals surface area contributed by atoms with Gasteiger partial charge < -0.3 is 5.32 Å². The van der Waals surface area contributed by atoms with Gasteiger partial charge in [-0.25, -0.2) is 4.98 Å². The molecule has 12 heavy (non-hydrogen) atoms. The number of nitrogens with one attached hydrogen (secondary N) is 1. The van der Waals surface area contributed by atoms with Crippen LogP contribution in [0.4, 0.5) is 5.82 Å². The van der Waals surface area contributed by atoms with E-state index in [4.69, 9.17) is 0 Å². The van der Waals surface area contributed by atoms with Gasteiger partial charge in [-0.2, -0.15) is 0 Å². The smallest absolute Gasteiger partial charge is 0.144 e. The van der Waals surface area contributed by atoms with E-state index in [-0.39, 0.29) is 0 Å². The van der Waals surface area contributed by atoms with Gasteiger partial charge in [0.25, 0.3) is 0 Å². The first kappa shape index (κ1) is 8.71. The molecule has 0 aliphatic carbocycles. The molecular formula is C9H13N3. The maximum atomic E-state index is 4.07. The monoisotopic (exact) mass is 163 g/mol. The van der Waals surface area contributed by atoms with Crippen LogP contribution in [0.1, 0.15) is 13.3 Å². The molecule has 1 heterocycles. The van der Waals surface area contributed by atoms with E-state index in [9.17, 15) is 0 Å². The summed E-state index contributed by atoms with van der Waals surface area (Å²) >= 11 is 0. The summed E-state index contributed by atoms with van der Waals surface area (Å²) in [4.78, 5) is 8.00. The quantitative estimate of drug-likeness (QED) is 0.688. The highest BCUT2D eigenvalue weighted by atomic mass is 15.0. The third kappa shape index (κ3) is 3.14. The zero-order valence-corrected chi connectivity index (χ0v) is 7.20.